The highest BCUT2D eigenvalue weighted by atomic mass is 16.5. The van der Waals surface area contributed by atoms with Crippen LogP contribution in [0, 0.1) is 10.8 Å². The topological polar surface area (TPSA) is 24.9 Å². The molecule has 148 valence electrons. The van der Waals surface area contributed by atoms with E-state index >= 15 is 0 Å². The second kappa shape index (κ2) is 8.24. The molecule has 4 heteroatoms. The van der Waals surface area contributed by atoms with Crippen LogP contribution in [0.1, 0.15) is 61.3 Å². The van der Waals surface area contributed by atoms with Crippen molar-refractivity contribution in [1.82, 2.24) is 9.80 Å². The fraction of sp³-hybridized carbons (Fsp3) is 1.00. The lowest BCUT2D eigenvalue weighted by Crippen LogP contribution is -2.51. The van der Waals surface area contributed by atoms with Crippen molar-refractivity contribution in [2.75, 3.05) is 52.5 Å². The zero-order valence-electron chi connectivity index (χ0n) is 17.9. The van der Waals surface area contributed by atoms with Gasteiger partial charge < -0.3 is 9.47 Å². The quantitative estimate of drug-likeness (QED) is 0.727. The first-order chi connectivity index (χ1) is 11.5. The Labute approximate surface area is 156 Å². The van der Waals surface area contributed by atoms with Crippen LogP contribution < -0.4 is 0 Å². The average molecular weight is 355 g/mol. The predicted molar refractivity (Wildman–Crippen MR) is 105 cm³/mol. The Bertz CT molecular complexity index is 415. The lowest BCUT2D eigenvalue weighted by molar-refractivity contribution is -0.0937. The summed E-state index contributed by atoms with van der Waals surface area (Å²) in [6.07, 6.45) is 2.48. The molecule has 2 fully saturated rings. The van der Waals surface area contributed by atoms with E-state index in [0.29, 0.717) is 16.9 Å². The molecule has 0 bridgehead atoms. The Morgan fingerprint density at radius 3 is 2.36 bits per heavy atom. The number of morpholine rings is 2. The van der Waals surface area contributed by atoms with Crippen molar-refractivity contribution in [3.63, 3.8) is 0 Å². The van der Waals surface area contributed by atoms with Crippen LogP contribution >= 0.6 is 0 Å². The van der Waals surface area contributed by atoms with Crippen LogP contribution in [0.25, 0.3) is 0 Å². The molecule has 1 atom stereocenters. The third-order valence-electron chi connectivity index (χ3n) is 5.34. The molecule has 0 unspecified atom stereocenters. The highest BCUT2D eigenvalue weighted by Crippen LogP contribution is 2.29. The van der Waals surface area contributed by atoms with Crippen LogP contribution in [0.3, 0.4) is 0 Å². The van der Waals surface area contributed by atoms with Gasteiger partial charge in [-0.1, -0.05) is 34.6 Å². The number of ether oxygens (including phenoxy) is 2. The molecule has 2 aliphatic heterocycles. The standard InChI is InChI=1S/C21H42N2O2/c1-19(2,3)15-23-11-12-24-14-18(23)8-9-20(4,5)16-22-10-13-25-21(6,7)17-22/h18H,8-17H2,1-7H3/t18-/m0/s1. The minimum Gasteiger partial charge on any atom is -0.378 e. The Morgan fingerprint density at radius 2 is 1.72 bits per heavy atom. The van der Waals surface area contributed by atoms with Gasteiger partial charge in [0.15, 0.2) is 0 Å². The van der Waals surface area contributed by atoms with Crippen molar-refractivity contribution in [3.8, 4) is 0 Å². The second-order valence-electron chi connectivity index (χ2n) is 10.8. The Balaban J connectivity index is 1.84. The minimum absolute atomic E-state index is 0.00491. The highest BCUT2D eigenvalue weighted by molar-refractivity contribution is 4.85. The molecule has 0 N–H and O–H groups in total. The smallest absolute Gasteiger partial charge is 0.0753 e. The van der Waals surface area contributed by atoms with Gasteiger partial charge in [-0.05, 0) is 37.5 Å². The zero-order chi connectivity index (χ0) is 18.7. The molecule has 0 aromatic carbocycles. The molecule has 0 aliphatic carbocycles. The van der Waals surface area contributed by atoms with Crippen molar-refractivity contribution in [2.24, 2.45) is 10.8 Å². The van der Waals surface area contributed by atoms with Gasteiger partial charge in [0.2, 0.25) is 0 Å². The Kier molecular flexibility index (Phi) is 6.97. The first-order valence-electron chi connectivity index (χ1n) is 10.1. The third kappa shape index (κ3) is 7.54. The first kappa shape index (κ1) is 21.1. The van der Waals surface area contributed by atoms with E-state index in [9.17, 15) is 0 Å². The van der Waals surface area contributed by atoms with Gasteiger partial charge in [0.05, 0.1) is 25.4 Å². The van der Waals surface area contributed by atoms with Gasteiger partial charge in [-0.3, -0.25) is 9.80 Å². The summed E-state index contributed by atoms with van der Waals surface area (Å²) in [5.74, 6) is 0. The highest BCUT2D eigenvalue weighted by Gasteiger charge is 2.32. The molecule has 0 aromatic heterocycles. The SMILES string of the molecule is CC(C)(C)CN1CCOC[C@@H]1CCC(C)(C)CN1CCOC(C)(C)C1. The monoisotopic (exact) mass is 354 g/mol. The first-order valence-corrected chi connectivity index (χ1v) is 10.1. The predicted octanol–water partition coefficient (Wildman–Crippen LogP) is 3.65. The van der Waals surface area contributed by atoms with Gasteiger partial charge in [0.25, 0.3) is 0 Å². The molecule has 0 radical (unpaired) electrons. The molecule has 2 saturated heterocycles. The maximum absolute atomic E-state index is 5.86. The van der Waals surface area contributed by atoms with Crippen molar-refractivity contribution in [2.45, 2.75) is 73.0 Å². The van der Waals surface area contributed by atoms with Crippen LogP contribution in [0.15, 0.2) is 0 Å². The van der Waals surface area contributed by atoms with Gasteiger partial charge in [-0.15, -0.1) is 0 Å². The van der Waals surface area contributed by atoms with E-state index < -0.39 is 0 Å². The average Bonchev–Trinajstić information content (AvgIpc) is 2.43. The molecular weight excluding hydrogens is 312 g/mol. The number of hydrogen-bond acceptors (Lipinski definition) is 4. The normalized spacial score (nSPS) is 26.8. The second-order valence-corrected chi connectivity index (χ2v) is 10.8. The summed E-state index contributed by atoms with van der Waals surface area (Å²) in [7, 11) is 0. The number of hydrogen-bond donors (Lipinski definition) is 0. The van der Waals surface area contributed by atoms with E-state index in [1.165, 1.54) is 19.4 Å². The lowest BCUT2D eigenvalue weighted by atomic mass is 9.84. The summed E-state index contributed by atoms with van der Waals surface area (Å²) >= 11 is 0. The maximum Gasteiger partial charge on any atom is 0.0753 e. The fourth-order valence-corrected chi connectivity index (χ4v) is 4.26. The zero-order valence-corrected chi connectivity index (χ0v) is 17.9. The van der Waals surface area contributed by atoms with Gasteiger partial charge in [-0.2, -0.15) is 0 Å². The summed E-state index contributed by atoms with van der Waals surface area (Å²) in [5.41, 5.74) is 0.678. The minimum atomic E-state index is -0.00491. The van der Waals surface area contributed by atoms with E-state index in [4.69, 9.17) is 9.47 Å². The molecule has 2 rings (SSSR count). The molecule has 4 nitrogen and oxygen atoms in total. The molecule has 0 saturated carbocycles. The van der Waals surface area contributed by atoms with E-state index in [2.05, 4.69) is 58.3 Å². The van der Waals surface area contributed by atoms with Crippen molar-refractivity contribution in [1.29, 1.82) is 0 Å². The fourth-order valence-electron chi connectivity index (χ4n) is 4.26. The van der Waals surface area contributed by atoms with E-state index in [0.717, 1.165) is 46.0 Å². The largest absolute Gasteiger partial charge is 0.378 e. The molecule has 0 amide bonds. The molecular formula is C21H42N2O2. The summed E-state index contributed by atoms with van der Waals surface area (Å²) in [5, 5.41) is 0. The van der Waals surface area contributed by atoms with E-state index in [-0.39, 0.29) is 5.60 Å². The molecule has 2 heterocycles. The van der Waals surface area contributed by atoms with E-state index in [1.807, 2.05) is 0 Å². The van der Waals surface area contributed by atoms with Crippen molar-refractivity contribution >= 4 is 0 Å². The van der Waals surface area contributed by atoms with Crippen LogP contribution in [-0.2, 0) is 9.47 Å². The Morgan fingerprint density at radius 1 is 1.00 bits per heavy atom. The van der Waals surface area contributed by atoms with Gasteiger partial charge in [0, 0.05) is 38.8 Å². The third-order valence-corrected chi connectivity index (χ3v) is 5.34. The summed E-state index contributed by atoms with van der Waals surface area (Å²) in [4.78, 5) is 5.26. The van der Waals surface area contributed by atoms with Crippen LogP contribution in [0.2, 0.25) is 0 Å². The summed E-state index contributed by atoms with van der Waals surface area (Å²) in [6.45, 7) is 24.4. The van der Waals surface area contributed by atoms with E-state index in [1.54, 1.807) is 0 Å². The van der Waals surface area contributed by atoms with Gasteiger partial charge >= 0.3 is 0 Å². The molecule has 0 spiro atoms. The molecule has 0 aromatic rings. The van der Waals surface area contributed by atoms with Gasteiger partial charge in [-0.25, -0.2) is 0 Å². The number of rotatable bonds is 6. The lowest BCUT2D eigenvalue weighted by Gasteiger charge is -2.43. The van der Waals surface area contributed by atoms with Gasteiger partial charge in [0.1, 0.15) is 0 Å². The molecule has 2 aliphatic rings. The maximum atomic E-state index is 5.86. The van der Waals surface area contributed by atoms with Crippen molar-refractivity contribution in [3.05, 3.63) is 0 Å². The number of nitrogens with zero attached hydrogens (tertiary/aromatic N) is 2. The van der Waals surface area contributed by atoms with Crippen LogP contribution in [0.4, 0.5) is 0 Å². The molecule has 25 heavy (non-hydrogen) atoms. The van der Waals surface area contributed by atoms with Crippen LogP contribution in [-0.4, -0.2) is 74.0 Å². The Hall–Kier alpha value is -0.160. The summed E-state index contributed by atoms with van der Waals surface area (Å²) in [6, 6.07) is 0.577. The van der Waals surface area contributed by atoms with Crippen molar-refractivity contribution < 1.29 is 9.47 Å². The summed E-state index contributed by atoms with van der Waals surface area (Å²) < 4.78 is 11.7. The van der Waals surface area contributed by atoms with Crippen LogP contribution in [0.5, 0.6) is 0 Å².